The summed E-state index contributed by atoms with van der Waals surface area (Å²) in [7, 11) is 0. The van der Waals surface area contributed by atoms with Crippen LogP contribution in [-0.4, -0.2) is 48.4 Å². The summed E-state index contributed by atoms with van der Waals surface area (Å²) in [5, 5.41) is 9.06. The van der Waals surface area contributed by atoms with Gasteiger partial charge in [-0.25, -0.2) is 4.79 Å². The lowest BCUT2D eigenvalue weighted by Gasteiger charge is -2.35. The molecule has 0 aromatic heterocycles. The van der Waals surface area contributed by atoms with Crippen molar-refractivity contribution in [1.82, 2.24) is 4.90 Å². The van der Waals surface area contributed by atoms with Crippen LogP contribution in [0.1, 0.15) is 31.9 Å². The second-order valence-electron chi connectivity index (χ2n) is 5.29. The Morgan fingerprint density at radius 3 is 2.81 bits per heavy atom. The minimum atomic E-state index is -0.893. The van der Waals surface area contributed by atoms with Crippen molar-refractivity contribution in [1.29, 1.82) is 0 Å². The van der Waals surface area contributed by atoms with Crippen LogP contribution in [0, 0.1) is 0 Å². The van der Waals surface area contributed by atoms with Gasteiger partial charge in [0.2, 0.25) is 0 Å². The number of carboxylic acids is 1. The van der Waals surface area contributed by atoms with Gasteiger partial charge in [-0.2, -0.15) is 0 Å². The smallest absolute Gasteiger partial charge is 0.334 e. The summed E-state index contributed by atoms with van der Waals surface area (Å²) in [5.74, 6) is -0.0200. The highest BCUT2D eigenvalue weighted by Crippen LogP contribution is 2.24. The first-order valence-corrected chi connectivity index (χ1v) is 7.43. The van der Waals surface area contributed by atoms with E-state index in [9.17, 15) is 4.79 Å². The molecule has 1 heterocycles. The summed E-state index contributed by atoms with van der Waals surface area (Å²) in [5.41, 5.74) is 1.16. The Balaban J connectivity index is 1.98. The number of carbonyl (C=O) groups is 1. The van der Waals surface area contributed by atoms with E-state index >= 15 is 0 Å². The molecule has 0 spiro atoms. The van der Waals surface area contributed by atoms with Gasteiger partial charge in [0, 0.05) is 19.1 Å². The number of nitrogens with zero attached hydrogens (tertiary/aromatic N) is 1. The number of benzene rings is 1. The second-order valence-corrected chi connectivity index (χ2v) is 5.29. The van der Waals surface area contributed by atoms with Gasteiger partial charge in [-0.15, -0.1) is 0 Å². The number of ether oxygens (including phenoxy) is 2. The van der Waals surface area contributed by atoms with Crippen LogP contribution in [0.25, 0.3) is 0 Å². The molecule has 0 aliphatic carbocycles. The maximum absolute atomic E-state index is 11.0. The molecule has 0 radical (unpaired) electrons. The Bertz CT molecular complexity index is 460. The Morgan fingerprint density at radius 2 is 2.19 bits per heavy atom. The molecule has 0 bridgehead atoms. The van der Waals surface area contributed by atoms with Crippen LogP contribution < -0.4 is 4.74 Å². The van der Waals surface area contributed by atoms with Crippen molar-refractivity contribution in [3.63, 3.8) is 0 Å². The van der Waals surface area contributed by atoms with E-state index in [0.717, 1.165) is 30.9 Å². The first kappa shape index (κ1) is 15.8. The molecule has 1 N–H and O–H groups in total. The predicted molar refractivity (Wildman–Crippen MR) is 79.6 cm³/mol. The van der Waals surface area contributed by atoms with E-state index in [1.807, 2.05) is 24.3 Å². The minimum absolute atomic E-state index is 0.163. The summed E-state index contributed by atoms with van der Waals surface area (Å²) in [6, 6.07) is 8.19. The third kappa shape index (κ3) is 4.19. The first-order chi connectivity index (χ1) is 10.1. The van der Waals surface area contributed by atoms with E-state index in [2.05, 4.69) is 18.7 Å². The highest BCUT2D eigenvalue weighted by Gasteiger charge is 2.29. The van der Waals surface area contributed by atoms with E-state index in [0.29, 0.717) is 13.2 Å². The number of hydrogen-bond acceptors (Lipinski definition) is 4. The van der Waals surface area contributed by atoms with Gasteiger partial charge in [-0.1, -0.05) is 19.1 Å². The zero-order valence-corrected chi connectivity index (χ0v) is 12.6. The van der Waals surface area contributed by atoms with Crippen LogP contribution >= 0.6 is 0 Å². The Hall–Kier alpha value is -1.59. The number of carboxylic acid groups (broad SMARTS) is 1. The molecule has 0 amide bonds. The van der Waals surface area contributed by atoms with Crippen molar-refractivity contribution in [2.45, 2.75) is 32.4 Å². The molecule has 1 aromatic carbocycles. The number of rotatable bonds is 6. The molecule has 1 aliphatic heterocycles. The SMILES string of the molecule is CCCOc1ccc(C(C)N2CCOC(C(=O)O)C2)cc1. The van der Waals surface area contributed by atoms with Crippen molar-refractivity contribution in [3.05, 3.63) is 29.8 Å². The summed E-state index contributed by atoms with van der Waals surface area (Å²) in [6.45, 7) is 6.52. The van der Waals surface area contributed by atoms with Crippen molar-refractivity contribution >= 4 is 5.97 Å². The van der Waals surface area contributed by atoms with Gasteiger partial charge >= 0.3 is 5.97 Å². The summed E-state index contributed by atoms with van der Waals surface area (Å²) in [6.07, 6.45) is 0.260. The summed E-state index contributed by atoms with van der Waals surface area (Å²) < 4.78 is 10.8. The molecule has 5 heteroatoms. The van der Waals surface area contributed by atoms with E-state index < -0.39 is 12.1 Å². The second kappa shape index (κ2) is 7.43. The fourth-order valence-corrected chi connectivity index (χ4v) is 2.44. The zero-order chi connectivity index (χ0) is 15.2. The van der Waals surface area contributed by atoms with Gasteiger partial charge in [0.25, 0.3) is 0 Å². The topological polar surface area (TPSA) is 59.0 Å². The molecule has 1 saturated heterocycles. The lowest BCUT2D eigenvalue weighted by atomic mass is 10.1. The molecule has 2 atom stereocenters. The Labute approximate surface area is 125 Å². The van der Waals surface area contributed by atoms with Gasteiger partial charge < -0.3 is 14.6 Å². The number of aliphatic carboxylic acids is 1. The average molecular weight is 293 g/mol. The monoisotopic (exact) mass is 293 g/mol. The highest BCUT2D eigenvalue weighted by molar-refractivity contribution is 5.72. The largest absolute Gasteiger partial charge is 0.494 e. The Morgan fingerprint density at radius 1 is 1.48 bits per heavy atom. The molecule has 1 aromatic rings. The highest BCUT2D eigenvalue weighted by atomic mass is 16.5. The molecule has 1 fully saturated rings. The van der Waals surface area contributed by atoms with Crippen LogP contribution in [0.3, 0.4) is 0 Å². The lowest BCUT2D eigenvalue weighted by Crippen LogP contribution is -2.46. The van der Waals surface area contributed by atoms with Crippen LogP contribution in [0.2, 0.25) is 0 Å². The van der Waals surface area contributed by atoms with E-state index in [1.54, 1.807) is 0 Å². The molecule has 0 saturated carbocycles. The molecule has 2 unspecified atom stereocenters. The molecule has 21 heavy (non-hydrogen) atoms. The summed E-state index contributed by atoms with van der Waals surface area (Å²) >= 11 is 0. The van der Waals surface area contributed by atoms with Crippen molar-refractivity contribution in [2.24, 2.45) is 0 Å². The molecule has 5 nitrogen and oxygen atoms in total. The van der Waals surface area contributed by atoms with Crippen LogP contribution in [0.15, 0.2) is 24.3 Å². The molecule has 116 valence electrons. The average Bonchev–Trinajstić information content (AvgIpc) is 2.53. The molecular weight excluding hydrogens is 270 g/mol. The van der Waals surface area contributed by atoms with Crippen molar-refractivity contribution < 1.29 is 19.4 Å². The summed E-state index contributed by atoms with van der Waals surface area (Å²) in [4.78, 5) is 13.2. The number of morpholine rings is 1. The van der Waals surface area contributed by atoms with E-state index in [-0.39, 0.29) is 6.04 Å². The maximum atomic E-state index is 11.0. The third-order valence-corrected chi connectivity index (χ3v) is 3.76. The van der Waals surface area contributed by atoms with Gasteiger partial charge in [0.1, 0.15) is 5.75 Å². The van der Waals surface area contributed by atoms with Crippen molar-refractivity contribution in [2.75, 3.05) is 26.3 Å². The van der Waals surface area contributed by atoms with E-state index in [4.69, 9.17) is 14.6 Å². The first-order valence-electron chi connectivity index (χ1n) is 7.43. The zero-order valence-electron chi connectivity index (χ0n) is 12.6. The van der Waals surface area contributed by atoms with Crippen LogP contribution in [-0.2, 0) is 9.53 Å². The lowest BCUT2D eigenvalue weighted by molar-refractivity contribution is -0.157. The van der Waals surface area contributed by atoms with Gasteiger partial charge in [0.15, 0.2) is 6.10 Å². The fourth-order valence-electron chi connectivity index (χ4n) is 2.44. The minimum Gasteiger partial charge on any atom is -0.494 e. The van der Waals surface area contributed by atoms with E-state index in [1.165, 1.54) is 0 Å². The third-order valence-electron chi connectivity index (χ3n) is 3.76. The normalized spacial score (nSPS) is 21.0. The molecular formula is C16H23NO4. The maximum Gasteiger partial charge on any atom is 0.334 e. The quantitative estimate of drug-likeness (QED) is 0.872. The van der Waals surface area contributed by atoms with Crippen LogP contribution in [0.4, 0.5) is 0 Å². The van der Waals surface area contributed by atoms with Crippen LogP contribution in [0.5, 0.6) is 5.75 Å². The van der Waals surface area contributed by atoms with Gasteiger partial charge in [-0.3, -0.25) is 4.90 Å². The predicted octanol–water partition coefficient (Wildman–Crippen LogP) is 2.32. The standard InChI is InChI=1S/C16H23NO4/c1-3-9-20-14-6-4-13(5-7-14)12(2)17-8-10-21-15(11-17)16(18)19/h4-7,12,15H,3,8-11H2,1-2H3,(H,18,19). The fraction of sp³-hybridized carbons (Fsp3) is 0.562. The number of hydrogen-bond donors (Lipinski definition) is 1. The molecule has 2 rings (SSSR count). The molecule has 1 aliphatic rings. The Kier molecular flexibility index (Phi) is 5.59. The van der Waals surface area contributed by atoms with Gasteiger partial charge in [0.05, 0.1) is 13.2 Å². The van der Waals surface area contributed by atoms with Crippen molar-refractivity contribution in [3.8, 4) is 5.75 Å². The van der Waals surface area contributed by atoms with Gasteiger partial charge in [-0.05, 0) is 31.0 Å².